The molecule has 2 heterocycles. The zero-order valence-corrected chi connectivity index (χ0v) is 34.3. The van der Waals surface area contributed by atoms with E-state index in [0.29, 0.717) is 0 Å². The third-order valence-electron chi connectivity index (χ3n) is 13.1. The highest BCUT2D eigenvalue weighted by Gasteiger charge is 2.31. The molecule has 2 heteroatoms. The maximum Gasteiger partial charge on any atom is 0.137 e. The van der Waals surface area contributed by atoms with Crippen LogP contribution in [0, 0.1) is 0 Å². The third-order valence-corrected chi connectivity index (χ3v) is 13.1. The largest absolute Gasteiger partial charge is 0.306 e. The van der Waals surface area contributed by atoms with Gasteiger partial charge in [-0.1, -0.05) is 188 Å². The Morgan fingerprint density at radius 1 is 0.286 bits per heavy atom. The first-order chi connectivity index (χ1) is 31.3. The van der Waals surface area contributed by atoms with Crippen molar-refractivity contribution in [3.63, 3.8) is 0 Å². The molecule has 0 atom stereocenters. The Morgan fingerprint density at radius 3 is 1.37 bits per heavy atom. The van der Waals surface area contributed by atoms with Gasteiger partial charge in [0.05, 0.1) is 5.69 Å². The number of imidazole rings is 1. The van der Waals surface area contributed by atoms with Gasteiger partial charge in [-0.2, -0.15) is 0 Å². The van der Waals surface area contributed by atoms with Crippen molar-refractivity contribution in [3.05, 3.63) is 231 Å². The summed E-state index contributed by atoms with van der Waals surface area (Å²) in [7, 11) is 0. The topological polar surface area (TPSA) is 17.3 Å². The van der Waals surface area contributed by atoms with Gasteiger partial charge in [-0.3, -0.25) is 0 Å². The number of pyridine rings is 1. The van der Waals surface area contributed by atoms with Gasteiger partial charge in [0.1, 0.15) is 5.65 Å². The van der Waals surface area contributed by atoms with Gasteiger partial charge in [-0.05, 0) is 141 Å². The molecule has 2 nitrogen and oxygen atoms in total. The molecule has 10 aromatic carbocycles. The number of nitrogens with zero attached hydrogens (tertiary/aromatic N) is 2. The quantitative estimate of drug-likeness (QED) is 0.164. The Morgan fingerprint density at radius 2 is 0.746 bits per heavy atom. The fourth-order valence-corrected chi connectivity index (χ4v) is 10.4. The molecule has 0 saturated carbocycles. The van der Waals surface area contributed by atoms with E-state index in [9.17, 15) is 0 Å². The summed E-state index contributed by atoms with van der Waals surface area (Å²) >= 11 is 0. The Hall–Kier alpha value is -8.33. The van der Waals surface area contributed by atoms with E-state index >= 15 is 0 Å². The van der Waals surface area contributed by atoms with E-state index in [1.807, 2.05) is 12.1 Å². The molecular formula is C61H38N2. The van der Waals surface area contributed by atoms with E-state index in [-0.39, 0.29) is 0 Å². The van der Waals surface area contributed by atoms with Crippen LogP contribution in [-0.2, 0) is 0 Å². The van der Waals surface area contributed by atoms with Crippen molar-refractivity contribution >= 4 is 38.0 Å². The third kappa shape index (κ3) is 5.55. The highest BCUT2D eigenvalue weighted by atomic mass is 15.0. The van der Waals surface area contributed by atoms with Crippen molar-refractivity contribution in [2.24, 2.45) is 0 Å². The number of hydrogen-bond donors (Lipinski definition) is 0. The molecule has 63 heavy (non-hydrogen) atoms. The maximum absolute atomic E-state index is 5.03. The molecular weight excluding hydrogens is 761 g/mol. The van der Waals surface area contributed by atoms with E-state index < -0.39 is 0 Å². The Labute approximate surface area is 365 Å². The number of benzene rings is 10. The van der Waals surface area contributed by atoms with E-state index in [2.05, 4.69) is 223 Å². The fourth-order valence-electron chi connectivity index (χ4n) is 10.4. The normalized spacial score (nSPS) is 11.8. The number of fused-ring (bicyclic) bond motifs is 6. The van der Waals surface area contributed by atoms with Crippen LogP contribution in [-0.4, -0.2) is 9.38 Å². The Bertz CT molecular complexity index is 3640. The molecule has 0 bridgehead atoms. The lowest BCUT2D eigenvalue weighted by molar-refractivity contribution is 1.19. The van der Waals surface area contributed by atoms with E-state index in [4.69, 9.17) is 4.98 Å². The molecule has 0 amide bonds. The molecule has 0 fully saturated rings. The average Bonchev–Trinajstić information content (AvgIpc) is 3.94. The minimum absolute atomic E-state index is 0.940. The van der Waals surface area contributed by atoms with Crippen molar-refractivity contribution in [3.8, 4) is 89.1 Å². The van der Waals surface area contributed by atoms with Crippen LogP contribution in [0.25, 0.3) is 127 Å². The van der Waals surface area contributed by atoms with Gasteiger partial charge in [-0.25, -0.2) is 4.98 Å². The lowest BCUT2D eigenvalue weighted by Gasteiger charge is -2.20. The monoisotopic (exact) mass is 798 g/mol. The minimum atomic E-state index is 0.940. The fraction of sp³-hybridized carbons (Fsp3) is 0. The second-order valence-electron chi connectivity index (χ2n) is 16.6. The summed E-state index contributed by atoms with van der Waals surface area (Å²) in [4.78, 5) is 5.03. The van der Waals surface area contributed by atoms with Gasteiger partial charge in [0.25, 0.3) is 0 Å². The minimum Gasteiger partial charge on any atom is -0.306 e. The van der Waals surface area contributed by atoms with Gasteiger partial charge in [-0.15, -0.1) is 0 Å². The molecule has 1 aliphatic rings. The first-order valence-corrected chi connectivity index (χ1v) is 21.7. The molecule has 13 rings (SSSR count). The lowest BCUT2D eigenvalue weighted by Crippen LogP contribution is -1.93. The van der Waals surface area contributed by atoms with Crippen LogP contribution in [0.5, 0.6) is 0 Å². The second kappa shape index (κ2) is 14.1. The Balaban J connectivity index is 1.06. The molecule has 0 spiro atoms. The molecule has 1 aliphatic carbocycles. The molecule has 0 radical (unpaired) electrons. The predicted molar refractivity (Wildman–Crippen MR) is 265 cm³/mol. The van der Waals surface area contributed by atoms with Crippen LogP contribution < -0.4 is 0 Å². The first-order valence-electron chi connectivity index (χ1n) is 21.7. The van der Waals surface area contributed by atoms with Crippen LogP contribution in [0.2, 0.25) is 0 Å². The molecule has 292 valence electrons. The smallest absolute Gasteiger partial charge is 0.137 e. The zero-order chi connectivity index (χ0) is 41.4. The van der Waals surface area contributed by atoms with Crippen molar-refractivity contribution in [1.82, 2.24) is 9.38 Å². The Kier molecular flexibility index (Phi) is 7.94. The molecule has 2 aromatic heterocycles. The first kappa shape index (κ1) is 35.4. The summed E-state index contributed by atoms with van der Waals surface area (Å²) in [6.07, 6.45) is 4.19. The maximum atomic E-state index is 5.03. The van der Waals surface area contributed by atoms with E-state index in [0.717, 1.165) is 16.9 Å². The van der Waals surface area contributed by atoms with Crippen LogP contribution in [0.4, 0.5) is 0 Å². The van der Waals surface area contributed by atoms with Crippen molar-refractivity contribution in [2.45, 2.75) is 0 Å². The summed E-state index contributed by atoms with van der Waals surface area (Å²) in [6.45, 7) is 0. The predicted octanol–water partition coefficient (Wildman–Crippen LogP) is 16.4. The summed E-state index contributed by atoms with van der Waals surface area (Å²) in [6, 6.07) is 80.1. The highest BCUT2D eigenvalue weighted by molar-refractivity contribution is 6.29. The SMILES string of the molecule is c1ccc(-c2cc(-c3ccc(-c4cn5ccccc5n4)c4ccccc34)cc(-c3ccc4c5c(cccc35)-c3c-4c(-c4ccccc4)c4ccccc4c3-c3ccccc3)c2)cc1. The summed E-state index contributed by atoms with van der Waals surface area (Å²) in [5.74, 6) is 0. The van der Waals surface area contributed by atoms with Gasteiger partial charge in [0.15, 0.2) is 0 Å². The zero-order valence-electron chi connectivity index (χ0n) is 34.3. The summed E-state index contributed by atoms with van der Waals surface area (Å²) in [5, 5.41) is 7.49. The summed E-state index contributed by atoms with van der Waals surface area (Å²) < 4.78 is 2.09. The second-order valence-corrected chi connectivity index (χ2v) is 16.6. The number of rotatable bonds is 6. The molecule has 12 aromatic rings. The van der Waals surface area contributed by atoms with Crippen LogP contribution >= 0.6 is 0 Å². The number of aromatic nitrogens is 2. The van der Waals surface area contributed by atoms with Crippen LogP contribution in [0.3, 0.4) is 0 Å². The van der Waals surface area contributed by atoms with Gasteiger partial charge < -0.3 is 4.40 Å². The van der Waals surface area contributed by atoms with Crippen LogP contribution in [0.15, 0.2) is 231 Å². The average molecular weight is 799 g/mol. The van der Waals surface area contributed by atoms with E-state index in [1.54, 1.807) is 0 Å². The van der Waals surface area contributed by atoms with Crippen molar-refractivity contribution in [1.29, 1.82) is 0 Å². The van der Waals surface area contributed by atoms with Gasteiger partial charge >= 0.3 is 0 Å². The molecule has 0 saturated heterocycles. The van der Waals surface area contributed by atoms with Crippen molar-refractivity contribution < 1.29 is 0 Å². The van der Waals surface area contributed by atoms with Gasteiger partial charge in [0.2, 0.25) is 0 Å². The standard InChI is InChI=1S/C61H38N2/c1-4-17-39(18-5-1)42-35-43(45-30-32-49(48-24-11-10-23-47(45)48)55-38-63-34-15-14-29-56(63)62-55)37-44(36-42)46-31-33-54-59-50(46)27-16-28-53(59)60-57(40-19-6-2-7-20-40)51-25-12-13-26-52(51)58(61(54)60)41-21-8-3-9-22-41/h1-38H. The van der Waals surface area contributed by atoms with Crippen molar-refractivity contribution in [2.75, 3.05) is 0 Å². The molecule has 0 unspecified atom stereocenters. The molecule has 0 N–H and O–H groups in total. The molecule has 0 aliphatic heterocycles. The lowest BCUT2D eigenvalue weighted by atomic mass is 9.82. The van der Waals surface area contributed by atoms with E-state index in [1.165, 1.54) is 110 Å². The van der Waals surface area contributed by atoms with Gasteiger partial charge in [0, 0.05) is 18.0 Å². The highest BCUT2D eigenvalue weighted by Crippen LogP contribution is 2.58. The summed E-state index contributed by atoms with van der Waals surface area (Å²) in [5.41, 5.74) is 20.4. The number of hydrogen-bond acceptors (Lipinski definition) is 1. The van der Waals surface area contributed by atoms with Crippen LogP contribution in [0.1, 0.15) is 0 Å².